The van der Waals surface area contributed by atoms with E-state index in [1.165, 1.54) is 11.5 Å². The molecule has 1 atom stereocenters. The van der Waals surface area contributed by atoms with Gasteiger partial charge in [-0.15, -0.1) is 0 Å². The third-order valence-corrected chi connectivity index (χ3v) is 2.68. The SMILES string of the molecule is Cc1cc(C(O)c2cn[nH]c2)sn1. The molecule has 0 spiro atoms. The lowest BCUT2D eigenvalue weighted by atomic mass is 10.2. The van der Waals surface area contributed by atoms with Crippen molar-refractivity contribution in [3.8, 4) is 0 Å². The van der Waals surface area contributed by atoms with Gasteiger partial charge in [0.05, 0.1) is 16.8 Å². The van der Waals surface area contributed by atoms with Gasteiger partial charge in [-0.3, -0.25) is 5.10 Å². The van der Waals surface area contributed by atoms with Gasteiger partial charge in [-0.25, -0.2) is 0 Å². The number of hydrogen-bond acceptors (Lipinski definition) is 4. The van der Waals surface area contributed by atoms with Crippen molar-refractivity contribution in [2.75, 3.05) is 0 Å². The number of rotatable bonds is 2. The number of aromatic amines is 1. The Balaban J connectivity index is 2.28. The monoisotopic (exact) mass is 195 g/mol. The molecule has 2 heterocycles. The largest absolute Gasteiger partial charge is 0.383 e. The predicted molar refractivity (Wildman–Crippen MR) is 49.5 cm³/mol. The summed E-state index contributed by atoms with van der Waals surface area (Å²) < 4.78 is 4.10. The van der Waals surface area contributed by atoms with Gasteiger partial charge in [0.2, 0.25) is 0 Å². The summed E-state index contributed by atoms with van der Waals surface area (Å²) in [6.45, 7) is 1.90. The highest BCUT2D eigenvalue weighted by Crippen LogP contribution is 2.24. The molecule has 1 unspecified atom stereocenters. The molecule has 2 aromatic heterocycles. The molecule has 2 rings (SSSR count). The third-order valence-electron chi connectivity index (χ3n) is 1.75. The maximum atomic E-state index is 9.80. The topological polar surface area (TPSA) is 61.8 Å². The average molecular weight is 195 g/mol. The van der Waals surface area contributed by atoms with E-state index in [0.29, 0.717) is 0 Å². The van der Waals surface area contributed by atoms with E-state index in [9.17, 15) is 5.11 Å². The van der Waals surface area contributed by atoms with Crippen LogP contribution in [0.3, 0.4) is 0 Å². The Hall–Kier alpha value is -1.20. The quantitative estimate of drug-likeness (QED) is 0.758. The Morgan fingerprint density at radius 1 is 1.62 bits per heavy atom. The van der Waals surface area contributed by atoms with Crippen LogP contribution in [-0.4, -0.2) is 19.7 Å². The fraction of sp³-hybridized carbons (Fsp3) is 0.250. The highest BCUT2D eigenvalue weighted by Gasteiger charge is 2.13. The van der Waals surface area contributed by atoms with Gasteiger partial charge in [0.15, 0.2) is 0 Å². The van der Waals surface area contributed by atoms with Gasteiger partial charge in [-0.05, 0) is 24.5 Å². The molecule has 0 aliphatic heterocycles. The molecule has 4 nitrogen and oxygen atoms in total. The van der Waals surface area contributed by atoms with Crippen molar-refractivity contribution in [2.24, 2.45) is 0 Å². The van der Waals surface area contributed by atoms with Crippen LogP contribution in [0, 0.1) is 6.92 Å². The van der Waals surface area contributed by atoms with Gasteiger partial charge in [-0.2, -0.15) is 9.47 Å². The molecule has 2 aromatic rings. The van der Waals surface area contributed by atoms with Gasteiger partial charge in [0.25, 0.3) is 0 Å². The minimum absolute atomic E-state index is 0.607. The molecule has 0 amide bonds. The highest BCUT2D eigenvalue weighted by molar-refractivity contribution is 7.05. The zero-order valence-corrected chi connectivity index (χ0v) is 7.88. The van der Waals surface area contributed by atoms with Crippen LogP contribution in [-0.2, 0) is 0 Å². The lowest BCUT2D eigenvalue weighted by Gasteiger charge is -2.02. The standard InChI is InChI=1S/C8H9N3OS/c1-5-2-7(13-11-5)8(12)6-3-9-10-4-6/h2-4,8,12H,1H3,(H,9,10). The van der Waals surface area contributed by atoms with E-state index in [0.717, 1.165) is 16.1 Å². The number of nitrogens with zero attached hydrogens (tertiary/aromatic N) is 2. The minimum atomic E-state index is -0.607. The van der Waals surface area contributed by atoms with Crippen molar-refractivity contribution < 1.29 is 5.11 Å². The van der Waals surface area contributed by atoms with Gasteiger partial charge in [0, 0.05) is 11.8 Å². The number of aliphatic hydroxyl groups excluding tert-OH is 1. The number of nitrogens with one attached hydrogen (secondary N) is 1. The summed E-state index contributed by atoms with van der Waals surface area (Å²) in [5.41, 5.74) is 1.70. The maximum absolute atomic E-state index is 9.80. The summed E-state index contributed by atoms with van der Waals surface area (Å²) >= 11 is 1.31. The molecule has 0 bridgehead atoms. The van der Waals surface area contributed by atoms with Crippen LogP contribution < -0.4 is 0 Å². The van der Waals surface area contributed by atoms with Crippen molar-refractivity contribution in [2.45, 2.75) is 13.0 Å². The van der Waals surface area contributed by atoms with Crippen molar-refractivity contribution in [3.63, 3.8) is 0 Å². The molecule has 5 heteroatoms. The zero-order chi connectivity index (χ0) is 9.26. The molecule has 0 saturated heterocycles. The lowest BCUT2D eigenvalue weighted by Crippen LogP contribution is -1.94. The van der Waals surface area contributed by atoms with Crippen molar-refractivity contribution in [1.29, 1.82) is 0 Å². The number of H-pyrrole nitrogens is 1. The number of aliphatic hydroxyl groups is 1. The molecule has 0 aliphatic carbocycles. The first-order valence-corrected chi connectivity index (χ1v) is 4.64. The number of hydrogen-bond donors (Lipinski definition) is 2. The fourth-order valence-electron chi connectivity index (χ4n) is 1.09. The van der Waals surface area contributed by atoms with E-state index < -0.39 is 6.10 Å². The van der Waals surface area contributed by atoms with Crippen molar-refractivity contribution >= 4 is 11.5 Å². The van der Waals surface area contributed by atoms with Crippen LogP contribution in [0.15, 0.2) is 18.5 Å². The molecule has 0 saturated carbocycles. The van der Waals surface area contributed by atoms with Crippen LogP contribution in [0.5, 0.6) is 0 Å². The number of aryl methyl sites for hydroxylation is 1. The van der Waals surface area contributed by atoms with Gasteiger partial charge >= 0.3 is 0 Å². The summed E-state index contributed by atoms with van der Waals surface area (Å²) in [6, 6.07) is 1.88. The van der Waals surface area contributed by atoms with E-state index >= 15 is 0 Å². The summed E-state index contributed by atoms with van der Waals surface area (Å²) in [7, 11) is 0. The molecular formula is C8H9N3OS. The Bertz CT molecular complexity index is 382. The zero-order valence-electron chi connectivity index (χ0n) is 7.06. The molecule has 0 aromatic carbocycles. The Kier molecular flexibility index (Phi) is 2.12. The van der Waals surface area contributed by atoms with Gasteiger partial charge < -0.3 is 5.11 Å². The summed E-state index contributed by atoms with van der Waals surface area (Å²) in [4.78, 5) is 0.846. The van der Waals surface area contributed by atoms with E-state index in [2.05, 4.69) is 14.6 Å². The van der Waals surface area contributed by atoms with Crippen LogP contribution in [0.2, 0.25) is 0 Å². The normalized spacial score (nSPS) is 13.1. The second-order valence-corrected chi connectivity index (χ2v) is 3.64. The Morgan fingerprint density at radius 2 is 2.46 bits per heavy atom. The van der Waals surface area contributed by atoms with E-state index in [4.69, 9.17) is 0 Å². The van der Waals surface area contributed by atoms with Crippen LogP contribution in [0.1, 0.15) is 22.2 Å². The summed E-state index contributed by atoms with van der Waals surface area (Å²) in [5, 5.41) is 16.2. The average Bonchev–Trinajstić information content (AvgIpc) is 2.72. The van der Waals surface area contributed by atoms with Gasteiger partial charge in [-0.1, -0.05) is 0 Å². The van der Waals surface area contributed by atoms with Gasteiger partial charge in [0.1, 0.15) is 6.10 Å². The van der Waals surface area contributed by atoms with Crippen LogP contribution in [0.25, 0.3) is 0 Å². The molecule has 13 heavy (non-hydrogen) atoms. The Morgan fingerprint density at radius 3 is 3.00 bits per heavy atom. The van der Waals surface area contributed by atoms with E-state index in [1.54, 1.807) is 12.4 Å². The lowest BCUT2D eigenvalue weighted by molar-refractivity contribution is 0.224. The smallest absolute Gasteiger partial charge is 0.118 e. The summed E-state index contributed by atoms with van der Waals surface area (Å²) in [5.74, 6) is 0. The summed E-state index contributed by atoms with van der Waals surface area (Å²) in [6.07, 6.45) is 2.68. The molecular weight excluding hydrogens is 186 g/mol. The van der Waals surface area contributed by atoms with E-state index in [1.807, 2.05) is 13.0 Å². The third kappa shape index (κ3) is 1.61. The van der Waals surface area contributed by atoms with Crippen LogP contribution >= 0.6 is 11.5 Å². The van der Waals surface area contributed by atoms with Crippen LogP contribution in [0.4, 0.5) is 0 Å². The first-order chi connectivity index (χ1) is 6.27. The molecule has 0 aliphatic rings. The number of aromatic nitrogens is 3. The second-order valence-electron chi connectivity index (χ2n) is 2.80. The Labute approximate surface area is 79.4 Å². The van der Waals surface area contributed by atoms with Crippen molar-refractivity contribution in [3.05, 3.63) is 34.6 Å². The van der Waals surface area contributed by atoms with E-state index in [-0.39, 0.29) is 0 Å². The molecule has 68 valence electrons. The first-order valence-electron chi connectivity index (χ1n) is 3.87. The molecule has 2 N–H and O–H groups in total. The fourth-order valence-corrected chi connectivity index (χ4v) is 1.85. The minimum Gasteiger partial charge on any atom is -0.383 e. The van der Waals surface area contributed by atoms with Crippen molar-refractivity contribution in [1.82, 2.24) is 14.6 Å². The predicted octanol–water partition coefficient (Wildman–Crippen LogP) is 1.26. The highest BCUT2D eigenvalue weighted by atomic mass is 32.1. The maximum Gasteiger partial charge on any atom is 0.118 e. The molecule has 0 fully saturated rings. The molecule has 0 radical (unpaired) electrons. The first kappa shape index (κ1) is 8.40. The second kappa shape index (κ2) is 3.27.